The summed E-state index contributed by atoms with van der Waals surface area (Å²) >= 11 is 0. The van der Waals surface area contributed by atoms with Crippen LogP contribution in [0.15, 0.2) is 12.3 Å². The van der Waals surface area contributed by atoms with Gasteiger partial charge in [0.05, 0.1) is 12.8 Å². The van der Waals surface area contributed by atoms with E-state index in [1.807, 2.05) is 0 Å². The second kappa shape index (κ2) is 5.74. The largest absolute Gasteiger partial charge is 0.480 e. The summed E-state index contributed by atoms with van der Waals surface area (Å²) in [5.74, 6) is -2.40. The van der Waals surface area contributed by atoms with Crippen LogP contribution in [0.25, 0.3) is 0 Å². The molecule has 0 aliphatic carbocycles. The molecule has 0 aromatic carbocycles. The van der Waals surface area contributed by atoms with Crippen LogP contribution >= 0.6 is 0 Å². The number of methoxy groups -OCH3 is 1. The molecule has 1 aromatic rings. The van der Waals surface area contributed by atoms with Crippen LogP contribution in [-0.4, -0.2) is 51.4 Å². The van der Waals surface area contributed by atoms with Gasteiger partial charge >= 0.3 is 5.97 Å². The smallest absolute Gasteiger partial charge is 0.320 e. The number of rotatable bonds is 6. The van der Waals surface area contributed by atoms with Gasteiger partial charge in [-0.25, -0.2) is 13.4 Å². The number of anilines is 2. The van der Waals surface area contributed by atoms with Crippen LogP contribution in [-0.2, 0) is 14.8 Å². The van der Waals surface area contributed by atoms with E-state index in [1.165, 1.54) is 13.3 Å². The second-order valence-electron chi connectivity index (χ2n) is 3.86. The molecule has 0 amide bonds. The minimum absolute atomic E-state index is 0.0696. The Morgan fingerprint density at radius 3 is 2.63 bits per heavy atom. The van der Waals surface area contributed by atoms with E-state index in [0.717, 1.165) is 0 Å². The van der Waals surface area contributed by atoms with Gasteiger partial charge in [-0.1, -0.05) is 0 Å². The van der Waals surface area contributed by atoms with Gasteiger partial charge in [0.15, 0.2) is 5.75 Å². The molecular formula is C10H15N3O5S. The maximum atomic E-state index is 11.7. The molecule has 0 spiro atoms. The van der Waals surface area contributed by atoms with Gasteiger partial charge in [-0.05, 0) is 6.07 Å². The molecule has 19 heavy (non-hydrogen) atoms. The Bertz CT molecular complexity index is 571. The fraction of sp³-hybridized carbons (Fsp3) is 0.400. The summed E-state index contributed by atoms with van der Waals surface area (Å²) in [6.45, 7) is 0. The topological polar surface area (TPSA) is 109 Å². The van der Waals surface area contributed by atoms with Crippen molar-refractivity contribution in [1.82, 2.24) is 4.98 Å². The zero-order valence-corrected chi connectivity index (χ0v) is 11.6. The number of carboxylic acids is 1. The van der Waals surface area contributed by atoms with Crippen LogP contribution in [0.4, 0.5) is 11.4 Å². The average Bonchev–Trinajstić information content (AvgIpc) is 2.26. The lowest BCUT2D eigenvalue weighted by molar-refractivity contribution is -0.134. The van der Waals surface area contributed by atoms with Crippen LogP contribution < -0.4 is 14.4 Å². The fourth-order valence-corrected chi connectivity index (χ4v) is 2.31. The molecule has 0 atom stereocenters. The summed E-state index contributed by atoms with van der Waals surface area (Å²) < 4.78 is 30.5. The van der Waals surface area contributed by atoms with E-state index >= 15 is 0 Å². The summed E-state index contributed by atoms with van der Waals surface area (Å²) in [4.78, 5) is 16.0. The predicted octanol–water partition coefficient (Wildman–Crippen LogP) is -0.0175. The van der Waals surface area contributed by atoms with Crippen molar-refractivity contribution >= 4 is 27.4 Å². The average molecular weight is 289 g/mol. The lowest BCUT2D eigenvalue weighted by atomic mass is 10.3. The van der Waals surface area contributed by atoms with E-state index in [0.29, 0.717) is 5.69 Å². The van der Waals surface area contributed by atoms with Gasteiger partial charge in [0.2, 0.25) is 15.9 Å². The number of ether oxygens (including phenoxy) is 1. The van der Waals surface area contributed by atoms with E-state index in [4.69, 9.17) is 9.84 Å². The number of carboxylic acid groups (broad SMARTS) is 1. The molecule has 0 aliphatic rings. The first-order valence-corrected chi connectivity index (χ1v) is 6.84. The van der Waals surface area contributed by atoms with Crippen molar-refractivity contribution in [3.63, 3.8) is 0 Å². The fourth-order valence-electron chi connectivity index (χ4n) is 1.41. The standard InChI is InChI=1S/C10H15N3O5S/c1-13(2)7-4-5-11-10(18-3)9(7)12-19(16,17)6-8(14)15/h4-5,12H,6H2,1-3H3,(H,14,15). The number of hydrogen-bond acceptors (Lipinski definition) is 6. The van der Waals surface area contributed by atoms with Crippen molar-refractivity contribution < 1.29 is 23.1 Å². The van der Waals surface area contributed by atoms with Crippen LogP contribution in [0.2, 0.25) is 0 Å². The zero-order valence-electron chi connectivity index (χ0n) is 10.7. The first-order chi connectivity index (χ1) is 8.76. The SMILES string of the molecule is COc1nccc(N(C)C)c1NS(=O)(=O)CC(=O)O. The van der Waals surface area contributed by atoms with Crippen molar-refractivity contribution in [2.75, 3.05) is 36.6 Å². The van der Waals surface area contributed by atoms with Gasteiger partial charge in [0.1, 0.15) is 5.69 Å². The molecule has 0 saturated carbocycles. The van der Waals surface area contributed by atoms with Gasteiger partial charge in [-0.2, -0.15) is 0 Å². The third kappa shape index (κ3) is 3.98. The molecule has 2 N–H and O–H groups in total. The monoisotopic (exact) mass is 289 g/mol. The number of hydrogen-bond donors (Lipinski definition) is 2. The Morgan fingerprint density at radius 2 is 2.16 bits per heavy atom. The predicted molar refractivity (Wildman–Crippen MR) is 70.2 cm³/mol. The summed E-state index contributed by atoms with van der Waals surface area (Å²) in [7, 11) is 0.749. The number of aromatic nitrogens is 1. The van der Waals surface area contributed by atoms with Crippen LogP contribution in [0.3, 0.4) is 0 Å². The lowest BCUT2D eigenvalue weighted by Crippen LogP contribution is -2.24. The van der Waals surface area contributed by atoms with Crippen molar-refractivity contribution in [1.29, 1.82) is 0 Å². The molecule has 1 heterocycles. The Kier molecular flexibility index (Phi) is 4.54. The Balaban J connectivity index is 3.22. The third-order valence-corrected chi connectivity index (χ3v) is 3.28. The third-order valence-electron chi connectivity index (χ3n) is 2.14. The molecule has 8 nitrogen and oxygen atoms in total. The maximum Gasteiger partial charge on any atom is 0.320 e. The van der Waals surface area contributed by atoms with Gasteiger partial charge in [-0.3, -0.25) is 9.52 Å². The minimum atomic E-state index is -4.02. The number of nitrogens with zero attached hydrogens (tertiary/aromatic N) is 2. The van der Waals surface area contributed by atoms with E-state index < -0.39 is 21.7 Å². The highest BCUT2D eigenvalue weighted by Crippen LogP contribution is 2.32. The van der Waals surface area contributed by atoms with Crippen molar-refractivity contribution in [3.8, 4) is 5.88 Å². The molecule has 0 unspecified atom stereocenters. The van der Waals surface area contributed by atoms with Gasteiger partial charge in [-0.15, -0.1) is 0 Å². The van der Waals surface area contributed by atoms with Crippen LogP contribution in [0, 0.1) is 0 Å². The molecule has 0 radical (unpaired) electrons. The molecule has 0 fully saturated rings. The van der Waals surface area contributed by atoms with E-state index in [1.54, 1.807) is 25.1 Å². The molecule has 0 aliphatic heterocycles. The summed E-state index contributed by atoms with van der Waals surface area (Å²) in [5.41, 5.74) is 0.622. The van der Waals surface area contributed by atoms with E-state index in [9.17, 15) is 13.2 Å². The number of sulfonamides is 1. The van der Waals surface area contributed by atoms with Gasteiger partial charge in [0, 0.05) is 20.3 Å². The molecular weight excluding hydrogens is 274 g/mol. The van der Waals surface area contributed by atoms with Crippen molar-refractivity contribution in [3.05, 3.63) is 12.3 Å². The summed E-state index contributed by atoms with van der Waals surface area (Å²) in [6, 6.07) is 1.58. The van der Waals surface area contributed by atoms with Crippen LogP contribution in [0.1, 0.15) is 0 Å². The van der Waals surface area contributed by atoms with Gasteiger partial charge < -0.3 is 14.7 Å². The molecule has 106 valence electrons. The van der Waals surface area contributed by atoms with Crippen LogP contribution in [0.5, 0.6) is 5.88 Å². The number of nitrogens with one attached hydrogen (secondary N) is 1. The molecule has 0 bridgehead atoms. The first kappa shape index (κ1) is 15.0. The Labute approximate surface area is 111 Å². The second-order valence-corrected chi connectivity index (χ2v) is 5.59. The maximum absolute atomic E-state index is 11.7. The Hall–Kier alpha value is -2.03. The number of carbonyl (C=O) groups is 1. The van der Waals surface area contributed by atoms with Crippen molar-refractivity contribution in [2.45, 2.75) is 0 Å². The van der Waals surface area contributed by atoms with E-state index in [-0.39, 0.29) is 11.6 Å². The minimum Gasteiger partial charge on any atom is -0.480 e. The van der Waals surface area contributed by atoms with Crippen molar-refractivity contribution in [2.24, 2.45) is 0 Å². The zero-order chi connectivity index (χ0) is 14.6. The van der Waals surface area contributed by atoms with E-state index in [2.05, 4.69) is 9.71 Å². The quantitative estimate of drug-likeness (QED) is 0.757. The van der Waals surface area contributed by atoms with Gasteiger partial charge in [0.25, 0.3) is 0 Å². The Morgan fingerprint density at radius 1 is 1.53 bits per heavy atom. The molecule has 0 saturated heterocycles. The number of aliphatic carboxylic acids is 1. The normalized spacial score (nSPS) is 10.9. The first-order valence-electron chi connectivity index (χ1n) is 5.19. The summed E-state index contributed by atoms with van der Waals surface area (Å²) in [5, 5.41) is 8.56. The molecule has 9 heteroatoms. The number of pyridine rings is 1. The molecule has 1 rings (SSSR count). The highest BCUT2D eigenvalue weighted by molar-refractivity contribution is 7.93. The lowest BCUT2D eigenvalue weighted by Gasteiger charge is -2.19. The highest BCUT2D eigenvalue weighted by atomic mass is 32.2. The highest BCUT2D eigenvalue weighted by Gasteiger charge is 2.21. The summed E-state index contributed by atoms with van der Waals surface area (Å²) in [6.07, 6.45) is 1.46. The molecule has 1 aromatic heterocycles.